The summed E-state index contributed by atoms with van der Waals surface area (Å²) < 4.78 is 0. The molecule has 0 aliphatic carbocycles. The molecule has 1 amide bonds. The zero-order valence-electron chi connectivity index (χ0n) is 9.73. The average Bonchev–Trinajstić information content (AvgIpc) is 2.51. The molecule has 0 saturated carbocycles. The second-order valence-electron chi connectivity index (χ2n) is 4.24. The summed E-state index contributed by atoms with van der Waals surface area (Å²) in [6.45, 7) is 5.33. The Bertz CT molecular complexity index is 535. The molecule has 1 N–H and O–H groups in total. The Morgan fingerprint density at radius 2 is 2.18 bits per heavy atom. The molecule has 17 heavy (non-hydrogen) atoms. The second-order valence-corrected chi connectivity index (χ2v) is 4.24. The number of rotatable bonds is 2. The molecule has 1 heterocycles. The molecule has 1 unspecified atom stereocenters. The quantitative estimate of drug-likeness (QED) is 0.608. The molecule has 1 aliphatic heterocycles. The van der Waals surface area contributed by atoms with E-state index < -0.39 is 11.5 Å². The van der Waals surface area contributed by atoms with Crippen molar-refractivity contribution in [2.24, 2.45) is 0 Å². The molecule has 4 nitrogen and oxygen atoms in total. The summed E-state index contributed by atoms with van der Waals surface area (Å²) in [7, 11) is 1.56. The molecule has 1 aromatic carbocycles. The number of aryl methyl sites for hydroxylation is 1. The number of benzene rings is 1. The van der Waals surface area contributed by atoms with E-state index in [4.69, 9.17) is 0 Å². The fourth-order valence-electron chi connectivity index (χ4n) is 2.10. The summed E-state index contributed by atoms with van der Waals surface area (Å²) in [5, 5.41) is 10.5. The topological polar surface area (TPSA) is 57.6 Å². The first-order chi connectivity index (χ1) is 7.92. The van der Waals surface area contributed by atoms with Crippen LogP contribution in [0.25, 0.3) is 0 Å². The maximum absolute atomic E-state index is 12.1. The molecule has 1 atom stereocenters. The highest BCUT2D eigenvalue weighted by molar-refractivity contribution is 6.11. The maximum Gasteiger partial charge on any atom is 0.268 e. The number of hydrogen-bond acceptors (Lipinski definition) is 3. The molecule has 2 rings (SSSR count). The van der Waals surface area contributed by atoms with E-state index in [2.05, 4.69) is 6.58 Å². The molecule has 0 radical (unpaired) electrons. The van der Waals surface area contributed by atoms with Crippen LogP contribution in [0.15, 0.2) is 30.4 Å². The molecule has 0 fully saturated rings. The Kier molecular flexibility index (Phi) is 2.40. The van der Waals surface area contributed by atoms with Crippen molar-refractivity contribution in [1.82, 2.24) is 0 Å². The van der Waals surface area contributed by atoms with Crippen LogP contribution in [0.1, 0.15) is 11.1 Å². The van der Waals surface area contributed by atoms with E-state index in [-0.39, 0.29) is 5.57 Å². The van der Waals surface area contributed by atoms with Crippen molar-refractivity contribution < 1.29 is 14.7 Å². The van der Waals surface area contributed by atoms with Gasteiger partial charge in [0.25, 0.3) is 5.91 Å². The summed E-state index contributed by atoms with van der Waals surface area (Å²) in [6, 6.07) is 5.29. The summed E-state index contributed by atoms with van der Waals surface area (Å²) in [5.41, 5.74) is -0.131. The lowest BCUT2D eigenvalue weighted by molar-refractivity contribution is -0.133. The van der Waals surface area contributed by atoms with Gasteiger partial charge in [0.15, 0.2) is 5.60 Å². The van der Waals surface area contributed by atoms with Gasteiger partial charge in [-0.2, -0.15) is 0 Å². The van der Waals surface area contributed by atoms with Crippen LogP contribution in [-0.4, -0.2) is 24.3 Å². The van der Waals surface area contributed by atoms with Crippen LogP contribution >= 0.6 is 0 Å². The maximum atomic E-state index is 12.1. The molecule has 1 aliphatic rings. The number of likely N-dealkylation sites (N-methyl/N-ethyl adjacent to an activating group) is 1. The Labute approximate surface area is 99.2 Å². The number of aliphatic hydroxyl groups is 1. The smallest absolute Gasteiger partial charge is 0.268 e. The van der Waals surface area contributed by atoms with Gasteiger partial charge in [-0.1, -0.05) is 24.3 Å². The predicted molar refractivity (Wildman–Crippen MR) is 63.7 cm³/mol. The van der Waals surface area contributed by atoms with E-state index in [9.17, 15) is 14.7 Å². The van der Waals surface area contributed by atoms with Gasteiger partial charge in [-0.25, -0.2) is 0 Å². The molecule has 4 heteroatoms. The van der Waals surface area contributed by atoms with Crippen LogP contribution in [0.3, 0.4) is 0 Å². The fraction of sp³-hybridized carbons (Fsp3) is 0.231. The number of anilines is 1. The van der Waals surface area contributed by atoms with Gasteiger partial charge < -0.3 is 10.0 Å². The third kappa shape index (κ3) is 1.34. The molecule has 88 valence electrons. The fourth-order valence-corrected chi connectivity index (χ4v) is 2.10. The molecule has 1 aromatic rings. The van der Waals surface area contributed by atoms with E-state index in [1.807, 2.05) is 13.0 Å². The van der Waals surface area contributed by atoms with Gasteiger partial charge >= 0.3 is 0 Å². The predicted octanol–water partition coefficient (Wildman–Crippen LogP) is 0.914. The van der Waals surface area contributed by atoms with Crippen molar-refractivity contribution in [3.63, 3.8) is 0 Å². The molecular formula is C13H13NO3. The molecule has 0 bridgehead atoms. The van der Waals surface area contributed by atoms with E-state index in [0.29, 0.717) is 17.5 Å². The van der Waals surface area contributed by atoms with Gasteiger partial charge in [-0.3, -0.25) is 9.59 Å². The number of carbonyl (C=O) groups is 2. The Balaban J connectivity index is 2.73. The minimum absolute atomic E-state index is 0.140. The first kappa shape index (κ1) is 11.5. The number of aldehydes is 1. The summed E-state index contributed by atoms with van der Waals surface area (Å²) in [4.78, 5) is 24.2. The van der Waals surface area contributed by atoms with Crippen molar-refractivity contribution >= 4 is 17.9 Å². The van der Waals surface area contributed by atoms with Crippen LogP contribution in [0, 0.1) is 6.92 Å². The number of carbonyl (C=O) groups excluding carboxylic acids is 2. The molecular weight excluding hydrogens is 218 g/mol. The van der Waals surface area contributed by atoms with Gasteiger partial charge in [0.05, 0.1) is 5.69 Å². The first-order valence-electron chi connectivity index (χ1n) is 5.19. The van der Waals surface area contributed by atoms with E-state index in [1.165, 1.54) is 4.90 Å². The van der Waals surface area contributed by atoms with Gasteiger partial charge in [0, 0.05) is 18.2 Å². The van der Waals surface area contributed by atoms with Crippen LogP contribution < -0.4 is 4.90 Å². The number of fused-ring (bicyclic) bond motifs is 1. The Morgan fingerprint density at radius 3 is 2.76 bits per heavy atom. The van der Waals surface area contributed by atoms with Gasteiger partial charge in [-0.05, 0) is 13.0 Å². The van der Waals surface area contributed by atoms with Gasteiger partial charge in [-0.15, -0.1) is 0 Å². The van der Waals surface area contributed by atoms with E-state index in [1.54, 1.807) is 19.2 Å². The zero-order valence-corrected chi connectivity index (χ0v) is 9.73. The van der Waals surface area contributed by atoms with Crippen molar-refractivity contribution in [3.8, 4) is 0 Å². The number of nitrogens with zero attached hydrogens (tertiary/aromatic N) is 1. The highest BCUT2D eigenvalue weighted by Crippen LogP contribution is 2.43. The first-order valence-corrected chi connectivity index (χ1v) is 5.19. The number of amides is 1. The monoisotopic (exact) mass is 231 g/mol. The Hall–Kier alpha value is -1.94. The highest BCUT2D eigenvalue weighted by atomic mass is 16.3. The molecule has 0 spiro atoms. The third-order valence-corrected chi connectivity index (χ3v) is 3.12. The largest absolute Gasteiger partial charge is 0.372 e. The van der Waals surface area contributed by atoms with Crippen LogP contribution in [0.5, 0.6) is 0 Å². The minimum atomic E-state index is -1.92. The van der Waals surface area contributed by atoms with Gasteiger partial charge in [0.2, 0.25) is 0 Å². The lowest BCUT2D eigenvalue weighted by atomic mass is 9.88. The summed E-state index contributed by atoms with van der Waals surface area (Å²) in [5.74, 6) is -0.546. The van der Waals surface area contributed by atoms with Crippen molar-refractivity contribution in [2.45, 2.75) is 12.5 Å². The van der Waals surface area contributed by atoms with E-state index in [0.717, 1.165) is 5.56 Å². The summed E-state index contributed by atoms with van der Waals surface area (Å²) in [6.07, 6.45) is 0.420. The lowest BCUT2D eigenvalue weighted by Crippen LogP contribution is -2.40. The van der Waals surface area contributed by atoms with Gasteiger partial charge in [0.1, 0.15) is 6.29 Å². The lowest BCUT2D eigenvalue weighted by Gasteiger charge is -2.21. The van der Waals surface area contributed by atoms with Crippen LogP contribution in [0.2, 0.25) is 0 Å². The van der Waals surface area contributed by atoms with Crippen LogP contribution in [0.4, 0.5) is 5.69 Å². The van der Waals surface area contributed by atoms with Crippen molar-refractivity contribution in [3.05, 3.63) is 41.5 Å². The zero-order chi connectivity index (χ0) is 12.8. The third-order valence-electron chi connectivity index (χ3n) is 3.12. The SMILES string of the molecule is C=C(C=O)C1(O)C(=O)N(C)c2ccc(C)cc21. The highest BCUT2D eigenvalue weighted by Gasteiger charge is 2.50. The average molecular weight is 231 g/mol. The van der Waals surface area contributed by atoms with Crippen molar-refractivity contribution in [1.29, 1.82) is 0 Å². The standard InChI is InChI=1S/C13H13NO3/c1-8-4-5-11-10(6-8)13(17,9(2)7-15)12(16)14(11)3/h4-7,17H,2H2,1,3H3. The number of hydrogen-bond donors (Lipinski definition) is 1. The Morgan fingerprint density at radius 1 is 1.53 bits per heavy atom. The summed E-state index contributed by atoms with van der Waals surface area (Å²) >= 11 is 0. The normalized spacial score (nSPS) is 22.5. The molecule has 0 aromatic heterocycles. The second kappa shape index (κ2) is 3.53. The van der Waals surface area contributed by atoms with Crippen molar-refractivity contribution in [2.75, 3.05) is 11.9 Å². The van der Waals surface area contributed by atoms with E-state index >= 15 is 0 Å². The minimum Gasteiger partial charge on any atom is -0.372 e. The molecule has 0 saturated heterocycles. The van der Waals surface area contributed by atoms with Crippen LogP contribution in [-0.2, 0) is 15.2 Å².